The first-order chi connectivity index (χ1) is 20.8. The molecule has 2 aromatic carbocycles. The van der Waals surface area contributed by atoms with Gasteiger partial charge in [0.25, 0.3) is 0 Å². The summed E-state index contributed by atoms with van der Waals surface area (Å²) >= 11 is 0. The molecule has 1 fully saturated rings. The normalized spacial score (nSPS) is 13.6. The Kier molecular flexibility index (Phi) is 8.58. The Morgan fingerprint density at radius 3 is 2.35 bits per heavy atom. The van der Waals surface area contributed by atoms with Gasteiger partial charge in [0.15, 0.2) is 23.1 Å². The van der Waals surface area contributed by atoms with Crippen molar-refractivity contribution in [3.63, 3.8) is 0 Å². The number of rotatable bonds is 10. The van der Waals surface area contributed by atoms with E-state index in [1.807, 2.05) is 18.2 Å². The second-order valence-corrected chi connectivity index (χ2v) is 9.92. The molecule has 1 saturated heterocycles. The molecule has 10 nitrogen and oxygen atoms in total. The van der Waals surface area contributed by atoms with Crippen LogP contribution in [0.15, 0.2) is 55.3 Å². The predicted octanol–water partition coefficient (Wildman–Crippen LogP) is 5.10. The summed E-state index contributed by atoms with van der Waals surface area (Å²) < 4.78 is 39.8. The summed E-state index contributed by atoms with van der Waals surface area (Å²) in [6.07, 6.45) is 2.69. The van der Waals surface area contributed by atoms with Crippen LogP contribution in [0.2, 0.25) is 0 Å². The van der Waals surface area contributed by atoms with Gasteiger partial charge in [0.1, 0.15) is 11.4 Å². The van der Waals surface area contributed by atoms with Gasteiger partial charge in [-0.3, -0.25) is 9.59 Å². The fourth-order valence-electron chi connectivity index (χ4n) is 5.03. The van der Waals surface area contributed by atoms with E-state index in [0.29, 0.717) is 28.1 Å². The van der Waals surface area contributed by atoms with Crippen LogP contribution >= 0.6 is 0 Å². The zero-order valence-electron chi connectivity index (χ0n) is 24.1. The summed E-state index contributed by atoms with van der Waals surface area (Å²) in [4.78, 5) is 37.4. The Hall–Kier alpha value is -4.97. The fourth-order valence-corrected chi connectivity index (χ4v) is 5.03. The number of halogens is 2. The SMILES string of the molecule is C=CC(=O)Nc1cc(N2CCN(CC)CC2)ccc1Nc1cc2cc(C(=O)c3c(F)c(OC)cc(OC)c3F)[nH]c2cn1. The van der Waals surface area contributed by atoms with Crippen molar-refractivity contribution in [2.45, 2.75) is 6.92 Å². The molecule has 0 unspecified atom stereocenters. The number of aromatic amines is 1. The summed E-state index contributed by atoms with van der Waals surface area (Å²) in [5.41, 5.74) is 1.75. The minimum Gasteiger partial charge on any atom is -0.494 e. The molecule has 224 valence electrons. The molecule has 0 radical (unpaired) electrons. The van der Waals surface area contributed by atoms with Gasteiger partial charge in [0, 0.05) is 43.3 Å². The largest absolute Gasteiger partial charge is 0.494 e. The number of nitrogens with one attached hydrogen (secondary N) is 3. The molecule has 1 aliphatic heterocycles. The van der Waals surface area contributed by atoms with E-state index in [0.717, 1.165) is 44.5 Å². The number of H-pyrrole nitrogens is 1. The van der Waals surface area contributed by atoms with Crippen molar-refractivity contribution < 1.29 is 27.8 Å². The molecule has 0 bridgehead atoms. The maximum absolute atomic E-state index is 15.0. The van der Waals surface area contributed by atoms with Gasteiger partial charge in [-0.05, 0) is 43.0 Å². The average molecular weight is 591 g/mol. The predicted molar refractivity (Wildman–Crippen MR) is 162 cm³/mol. The zero-order valence-corrected chi connectivity index (χ0v) is 24.1. The highest BCUT2D eigenvalue weighted by atomic mass is 19.1. The Bertz CT molecular complexity index is 1670. The van der Waals surface area contributed by atoms with Gasteiger partial charge in [-0.2, -0.15) is 0 Å². The van der Waals surface area contributed by atoms with Crippen LogP contribution in [0.5, 0.6) is 11.5 Å². The molecule has 0 spiro atoms. The van der Waals surface area contributed by atoms with Gasteiger partial charge in [-0.25, -0.2) is 13.8 Å². The summed E-state index contributed by atoms with van der Waals surface area (Å²) in [6, 6.07) is 9.94. The van der Waals surface area contributed by atoms with E-state index in [4.69, 9.17) is 9.47 Å². The lowest BCUT2D eigenvalue weighted by Gasteiger charge is -2.35. The van der Waals surface area contributed by atoms with E-state index in [1.54, 1.807) is 6.07 Å². The minimum absolute atomic E-state index is 0.0477. The molecule has 0 aliphatic carbocycles. The van der Waals surface area contributed by atoms with Crippen molar-refractivity contribution in [1.82, 2.24) is 14.9 Å². The van der Waals surface area contributed by atoms with Crippen LogP contribution in [0.1, 0.15) is 23.0 Å². The molecule has 12 heteroatoms. The molecular formula is C31H32F2N6O4. The number of methoxy groups -OCH3 is 2. The van der Waals surface area contributed by atoms with E-state index in [1.165, 1.54) is 32.6 Å². The smallest absolute Gasteiger partial charge is 0.247 e. The van der Waals surface area contributed by atoms with Crippen molar-refractivity contribution in [2.75, 3.05) is 62.5 Å². The summed E-state index contributed by atoms with van der Waals surface area (Å²) in [7, 11) is 2.42. The Morgan fingerprint density at radius 2 is 1.72 bits per heavy atom. The number of pyridine rings is 1. The number of hydrogen-bond donors (Lipinski definition) is 3. The number of piperazine rings is 1. The van der Waals surface area contributed by atoms with Gasteiger partial charge >= 0.3 is 0 Å². The summed E-state index contributed by atoms with van der Waals surface area (Å²) in [5, 5.41) is 6.65. The fraction of sp³-hybridized carbons (Fsp3) is 0.258. The van der Waals surface area contributed by atoms with E-state index >= 15 is 0 Å². The number of ketones is 1. The van der Waals surface area contributed by atoms with Crippen LogP contribution in [-0.2, 0) is 4.79 Å². The molecule has 0 atom stereocenters. The highest BCUT2D eigenvalue weighted by Crippen LogP contribution is 2.34. The first-order valence-corrected chi connectivity index (χ1v) is 13.7. The van der Waals surface area contributed by atoms with Crippen molar-refractivity contribution >= 4 is 45.5 Å². The Labute approximate surface area is 247 Å². The van der Waals surface area contributed by atoms with Crippen molar-refractivity contribution in [3.8, 4) is 11.5 Å². The molecule has 3 heterocycles. The van der Waals surface area contributed by atoms with Crippen LogP contribution in [0.4, 0.5) is 31.7 Å². The minimum atomic E-state index is -1.13. The summed E-state index contributed by atoms with van der Waals surface area (Å²) in [6.45, 7) is 10.4. The first kappa shape index (κ1) is 29.5. The number of carbonyl (C=O) groups excluding carboxylic acids is 2. The highest BCUT2D eigenvalue weighted by molar-refractivity contribution is 6.11. The highest BCUT2D eigenvalue weighted by Gasteiger charge is 2.27. The number of aromatic nitrogens is 2. The van der Waals surface area contributed by atoms with E-state index < -0.39 is 23.0 Å². The lowest BCUT2D eigenvalue weighted by molar-refractivity contribution is -0.111. The van der Waals surface area contributed by atoms with E-state index in [9.17, 15) is 18.4 Å². The molecule has 3 N–H and O–H groups in total. The van der Waals surface area contributed by atoms with Crippen LogP contribution in [0, 0.1) is 11.6 Å². The Balaban J connectivity index is 1.43. The second-order valence-electron chi connectivity index (χ2n) is 9.92. The number of ether oxygens (including phenoxy) is 2. The number of hydrogen-bond acceptors (Lipinski definition) is 8. The second kappa shape index (κ2) is 12.5. The zero-order chi connectivity index (χ0) is 30.7. The molecule has 1 amide bonds. The number of benzene rings is 2. The quantitative estimate of drug-likeness (QED) is 0.173. The van der Waals surface area contributed by atoms with Crippen molar-refractivity contribution in [1.29, 1.82) is 0 Å². The van der Waals surface area contributed by atoms with Gasteiger partial charge < -0.3 is 34.9 Å². The monoisotopic (exact) mass is 590 g/mol. The molecular weight excluding hydrogens is 558 g/mol. The average Bonchev–Trinajstić information content (AvgIpc) is 3.45. The number of nitrogens with zero attached hydrogens (tertiary/aromatic N) is 3. The molecule has 0 saturated carbocycles. The van der Waals surface area contributed by atoms with Crippen molar-refractivity contribution in [3.05, 3.63) is 78.1 Å². The van der Waals surface area contributed by atoms with Gasteiger partial charge in [-0.1, -0.05) is 13.5 Å². The number of fused-ring (bicyclic) bond motifs is 1. The van der Waals surface area contributed by atoms with Crippen LogP contribution < -0.4 is 25.0 Å². The third kappa shape index (κ3) is 6.00. The van der Waals surface area contributed by atoms with Crippen LogP contribution in [0.25, 0.3) is 10.9 Å². The molecule has 2 aromatic heterocycles. The first-order valence-electron chi connectivity index (χ1n) is 13.7. The maximum atomic E-state index is 15.0. The van der Waals surface area contributed by atoms with Crippen molar-refractivity contribution in [2.24, 2.45) is 0 Å². The molecule has 1 aliphatic rings. The van der Waals surface area contributed by atoms with Gasteiger partial charge in [-0.15, -0.1) is 0 Å². The lowest BCUT2D eigenvalue weighted by atomic mass is 10.1. The topological polar surface area (TPSA) is 112 Å². The van der Waals surface area contributed by atoms with Gasteiger partial charge in [0.05, 0.1) is 43.0 Å². The molecule has 4 aromatic rings. The third-order valence-corrected chi connectivity index (χ3v) is 7.44. The molecule has 5 rings (SSSR count). The number of amides is 1. The van der Waals surface area contributed by atoms with Gasteiger partial charge in [0.2, 0.25) is 11.7 Å². The third-order valence-electron chi connectivity index (χ3n) is 7.44. The van der Waals surface area contributed by atoms with E-state index in [2.05, 4.69) is 43.9 Å². The number of likely N-dealkylation sites (N-methyl/N-ethyl adjacent to an activating group) is 1. The summed E-state index contributed by atoms with van der Waals surface area (Å²) in [5.74, 6) is -3.75. The maximum Gasteiger partial charge on any atom is 0.247 e. The Morgan fingerprint density at radius 1 is 1.02 bits per heavy atom. The number of anilines is 4. The lowest BCUT2D eigenvalue weighted by Crippen LogP contribution is -2.46. The van der Waals surface area contributed by atoms with E-state index in [-0.39, 0.29) is 23.1 Å². The van der Waals surface area contributed by atoms with Crippen LogP contribution in [-0.4, -0.2) is 73.5 Å². The molecule has 43 heavy (non-hydrogen) atoms. The standard InChI is InChI=1S/C31H32F2N6O4/c1-5-27(40)37-21-15-19(39-11-9-38(6-2)10-12-39)7-8-20(21)36-26-14-18-13-22(35-23(18)17-34-26)31(41)28-29(32)24(42-3)16-25(43-4)30(28)33/h5,7-8,13-17,35H,1,6,9-12H2,2-4H3,(H,34,36)(H,37,40). The van der Waals surface area contributed by atoms with Crippen LogP contribution in [0.3, 0.4) is 0 Å². The number of carbonyl (C=O) groups is 2.